The molecule has 0 saturated heterocycles. The quantitative estimate of drug-likeness (QED) is 0.113. The zero-order valence-electron chi connectivity index (χ0n) is 19.8. The molecule has 33 heavy (non-hydrogen) atoms. The van der Waals surface area contributed by atoms with Crippen LogP contribution in [-0.4, -0.2) is 25.2 Å². The van der Waals surface area contributed by atoms with Crippen molar-refractivity contribution in [3.8, 4) is 11.5 Å². The highest BCUT2D eigenvalue weighted by Gasteiger charge is 2.12. The van der Waals surface area contributed by atoms with E-state index in [2.05, 4.69) is 17.5 Å². The van der Waals surface area contributed by atoms with Crippen molar-refractivity contribution in [3.63, 3.8) is 0 Å². The third-order valence-electron chi connectivity index (χ3n) is 5.31. The van der Waals surface area contributed by atoms with Crippen molar-refractivity contribution in [1.82, 2.24) is 5.43 Å². The molecule has 0 bridgehead atoms. The minimum Gasteiger partial charge on any atom is -0.493 e. The molecule has 0 atom stereocenters. The Balaban J connectivity index is 1.71. The van der Waals surface area contributed by atoms with Crippen LogP contribution in [0.1, 0.15) is 87.1 Å². The van der Waals surface area contributed by atoms with Crippen molar-refractivity contribution in [2.24, 2.45) is 5.10 Å². The van der Waals surface area contributed by atoms with Crippen LogP contribution in [0.5, 0.6) is 11.5 Å². The van der Waals surface area contributed by atoms with Crippen molar-refractivity contribution in [3.05, 3.63) is 59.7 Å². The van der Waals surface area contributed by atoms with E-state index in [0.717, 1.165) is 18.4 Å². The summed E-state index contributed by atoms with van der Waals surface area (Å²) < 4.78 is 10.8. The summed E-state index contributed by atoms with van der Waals surface area (Å²) in [6, 6.07) is 13.8. The number of esters is 1. The second-order valence-corrected chi connectivity index (χ2v) is 8.04. The first-order valence-electron chi connectivity index (χ1n) is 11.9. The summed E-state index contributed by atoms with van der Waals surface area (Å²) >= 11 is 0. The Bertz CT molecular complexity index is 881. The van der Waals surface area contributed by atoms with Crippen LogP contribution in [0.3, 0.4) is 0 Å². The van der Waals surface area contributed by atoms with Crippen molar-refractivity contribution in [2.45, 2.75) is 71.1 Å². The van der Waals surface area contributed by atoms with Gasteiger partial charge in [-0.15, -0.1) is 0 Å². The van der Waals surface area contributed by atoms with Gasteiger partial charge in [0.1, 0.15) is 0 Å². The van der Waals surface area contributed by atoms with Crippen LogP contribution in [0.4, 0.5) is 0 Å². The van der Waals surface area contributed by atoms with Gasteiger partial charge in [-0.1, -0.05) is 76.5 Å². The number of carbonyl (C=O) groups is 2. The summed E-state index contributed by atoms with van der Waals surface area (Å²) in [4.78, 5) is 24.2. The highest BCUT2D eigenvalue weighted by Crippen LogP contribution is 2.28. The van der Waals surface area contributed by atoms with E-state index >= 15 is 0 Å². The van der Waals surface area contributed by atoms with Gasteiger partial charge in [0.05, 0.1) is 18.9 Å². The fourth-order valence-electron chi connectivity index (χ4n) is 3.41. The lowest BCUT2D eigenvalue weighted by Gasteiger charge is -2.10. The molecule has 0 aliphatic rings. The number of benzene rings is 2. The Morgan fingerprint density at radius 1 is 0.879 bits per heavy atom. The lowest BCUT2D eigenvalue weighted by Crippen LogP contribution is -2.16. The Labute approximate surface area is 197 Å². The Hall–Kier alpha value is -3.15. The number of carbonyl (C=O) groups excluding carboxylic acids is 2. The van der Waals surface area contributed by atoms with Gasteiger partial charge >= 0.3 is 5.97 Å². The monoisotopic (exact) mass is 452 g/mol. The number of ether oxygens (including phenoxy) is 2. The maximum absolute atomic E-state index is 12.3. The second kappa shape index (κ2) is 15.6. The number of hydrogen-bond acceptors (Lipinski definition) is 5. The molecule has 2 aromatic carbocycles. The minimum atomic E-state index is -0.459. The first kappa shape index (κ1) is 26.1. The molecule has 0 saturated carbocycles. The van der Waals surface area contributed by atoms with Gasteiger partial charge in [0, 0.05) is 6.42 Å². The van der Waals surface area contributed by atoms with E-state index in [4.69, 9.17) is 9.47 Å². The molecule has 0 aromatic heterocycles. The van der Waals surface area contributed by atoms with Crippen LogP contribution in [0.15, 0.2) is 53.6 Å². The molecule has 2 aromatic rings. The van der Waals surface area contributed by atoms with E-state index < -0.39 is 5.97 Å². The van der Waals surface area contributed by atoms with Gasteiger partial charge in [-0.2, -0.15) is 5.10 Å². The van der Waals surface area contributed by atoms with E-state index in [9.17, 15) is 9.59 Å². The lowest BCUT2D eigenvalue weighted by molar-refractivity contribution is -0.121. The summed E-state index contributed by atoms with van der Waals surface area (Å²) in [7, 11) is 1.50. The molecule has 6 heteroatoms. The molecule has 1 amide bonds. The highest BCUT2D eigenvalue weighted by atomic mass is 16.6. The predicted molar refractivity (Wildman–Crippen MR) is 132 cm³/mol. The molecular formula is C27H36N2O4. The third kappa shape index (κ3) is 10.3. The SMILES string of the molecule is CCCCCCCCCCCC(=O)N/N=C\c1ccc(OC(=O)c2ccccc2)c(OC)c1. The molecule has 0 spiro atoms. The summed E-state index contributed by atoms with van der Waals surface area (Å²) in [6.07, 6.45) is 13.0. The molecule has 0 unspecified atom stereocenters. The summed E-state index contributed by atoms with van der Waals surface area (Å²) in [5.74, 6) is 0.177. The zero-order chi connectivity index (χ0) is 23.7. The van der Waals surface area contributed by atoms with Gasteiger partial charge in [-0.25, -0.2) is 10.2 Å². The van der Waals surface area contributed by atoms with Gasteiger partial charge in [0.25, 0.3) is 0 Å². The molecule has 1 N–H and O–H groups in total. The molecule has 2 rings (SSSR count). The Morgan fingerprint density at radius 2 is 1.55 bits per heavy atom. The van der Waals surface area contributed by atoms with E-state index in [0.29, 0.717) is 23.5 Å². The van der Waals surface area contributed by atoms with Crippen LogP contribution in [0.2, 0.25) is 0 Å². The van der Waals surface area contributed by atoms with Crippen molar-refractivity contribution in [1.29, 1.82) is 0 Å². The molecule has 0 heterocycles. The fourth-order valence-corrected chi connectivity index (χ4v) is 3.41. The van der Waals surface area contributed by atoms with E-state index in [-0.39, 0.29) is 5.91 Å². The maximum Gasteiger partial charge on any atom is 0.343 e. The van der Waals surface area contributed by atoms with Gasteiger partial charge in [-0.3, -0.25) is 4.79 Å². The van der Waals surface area contributed by atoms with Crippen LogP contribution in [0.25, 0.3) is 0 Å². The molecule has 0 fully saturated rings. The first-order valence-corrected chi connectivity index (χ1v) is 11.9. The zero-order valence-corrected chi connectivity index (χ0v) is 19.8. The molecule has 0 radical (unpaired) electrons. The molecule has 178 valence electrons. The second-order valence-electron chi connectivity index (χ2n) is 8.04. The molecular weight excluding hydrogens is 416 g/mol. The average Bonchev–Trinajstić information content (AvgIpc) is 2.84. The van der Waals surface area contributed by atoms with Crippen molar-refractivity contribution >= 4 is 18.1 Å². The van der Waals surface area contributed by atoms with Crippen LogP contribution in [0, 0.1) is 0 Å². The topological polar surface area (TPSA) is 77.0 Å². The van der Waals surface area contributed by atoms with Crippen LogP contribution < -0.4 is 14.9 Å². The fraction of sp³-hybridized carbons (Fsp3) is 0.444. The summed E-state index contributed by atoms with van der Waals surface area (Å²) in [6.45, 7) is 2.23. The summed E-state index contributed by atoms with van der Waals surface area (Å²) in [5, 5.41) is 4.02. The van der Waals surface area contributed by atoms with Crippen molar-refractivity contribution < 1.29 is 19.1 Å². The van der Waals surface area contributed by atoms with Gasteiger partial charge in [0.2, 0.25) is 5.91 Å². The molecule has 0 aliphatic heterocycles. The number of amides is 1. The Morgan fingerprint density at radius 3 is 2.21 bits per heavy atom. The first-order chi connectivity index (χ1) is 16.1. The van der Waals surface area contributed by atoms with Crippen LogP contribution in [-0.2, 0) is 4.79 Å². The normalized spacial score (nSPS) is 10.8. The number of hydrazone groups is 1. The number of nitrogens with one attached hydrogen (secondary N) is 1. The van der Waals surface area contributed by atoms with Crippen LogP contribution >= 0.6 is 0 Å². The van der Waals surface area contributed by atoms with Crippen molar-refractivity contribution in [2.75, 3.05) is 7.11 Å². The molecule has 0 aliphatic carbocycles. The van der Waals surface area contributed by atoms with Gasteiger partial charge < -0.3 is 9.47 Å². The number of nitrogens with zero attached hydrogens (tertiary/aromatic N) is 1. The third-order valence-corrected chi connectivity index (χ3v) is 5.31. The highest BCUT2D eigenvalue weighted by molar-refractivity contribution is 5.91. The largest absolute Gasteiger partial charge is 0.493 e. The average molecular weight is 453 g/mol. The lowest BCUT2D eigenvalue weighted by atomic mass is 10.1. The molecule has 6 nitrogen and oxygen atoms in total. The maximum atomic E-state index is 12.3. The number of rotatable bonds is 15. The Kier molecular flexibility index (Phi) is 12.4. The predicted octanol–water partition coefficient (Wildman–Crippen LogP) is 6.29. The van der Waals surface area contributed by atoms with Gasteiger partial charge in [0.15, 0.2) is 11.5 Å². The standard InChI is InChI=1S/C27H36N2O4/c1-3-4-5-6-7-8-9-10-14-17-26(30)29-28-21-22-18-19-24(25(20-22)32-2)33-27(31)23-15-12-11-13-16-23/h11-13,15-16,18-21H,3-10,14,17H2,1-2H3,(H,29,30)/b28-21-. The smallest absolute Gasteiger partial charge is 0.343 e. The number of methoxy groups -OCH3 is 1. The van der Waals surface area contributed by atoms with E-state index in [1.54, 1.807) is 48.7 Å². The van der Waals surface area contributed by atoms with E-state index in [1.165, 1.54) is 52.1 Å². The van der Waals surface area contributed by atoms with E-state index in [1.807, 2.05) is 6.07 Å². The number of unbranched alkanes of at least 4 members (excludes halogenated alkanes) is 8. The summed E-state index contributed by atoms with van der Waals surface area (Å²) in [5.41, 5.74) is 3.74. The minimum absolute atomic E-state index is 0.0884. The number of hydrogen-bond donors (Lipinski definition) is 1. The van der Waals surface area contributed by atoms with Gasteiger partial charge in [-0.05, 0) is 42.3 Å².